The zero-order chi connectivity index (χ0) is 15.2. The number of halogens is 1. The smallest absolute Gasteiger partial charge is 0.283 e. The van der Waals surface area contributed by atoms with E-state index in [1.807, 2.05) is 0 Å². The number of nitrogens with zero attached hydrogens (tertiary/aromatic N) is 2. The fraction of sp³-hybridized carbons (Fsp3) is 0.714. The molecule has 0 amide bonds. The summed E-state index contributed by atoms with van der Waals surface area (Å²) in [6, 6.07) is 0. The van der Waals surface area contributed by atoms with E-state index >= 15 is 0 Å². The van der Waals surface area contributed by atoms with Crippen LogP contribution < -0.4 is 10.9 Å². The maximum Gasteiger partial charge on any atom is 0.283 e. The number of nitrogens with one attached hydrogen (secondary N) is 1. The number of hydrogen-bond acceptors (Lipinski definition) is 5. The summed E-state index contributed by atoms with van der Waals surface area (Å²) in [6.07, 6.45) is 5.02. The third-order valence-electron chi connectivity index (χ3n) is 4.10. The number of aromatic nitrogens is 2. The van der Waals surface area contributed by atoms with Crippen molar-refractivity contribution in [2.75, 3.05) is 32.2 Å². The number of aliphatic hydroxyl groups is 1. The maximum absolute atomic E-state index is 12.1. The predicted molar refractivity (Wildman–Crippen MR) is 84.5 cm³/mol. The fourth-order valence-electron chi connectivity index (χ4n) is 2.79. The van der Waals surface area contributed by atoms with Crippen molar-refractivity contribution in [3.05, 3.63) is 21.0 Å². The molecule has 0 spiro atoms. The molecule has 1 saturated carbocycles. The van der Waals surface area contributed by atoms with Crippen LogP contribution in [0.5, 0.6) is 0 Å². The Labute approximate surface area is 132 Å². The van der Waals surface area contributed by atoms with E-state index in [0.717, 1.165) is 25.8 Å². The lowest BCUT2D eigenvalue weighted by atomic mass is 9.97. The van der Waals surface area contributed by atoms with Crippen LogP contribution in [-0.4, -0.2) is 41.8 Å². The van der Waals surface area contributed by atoms with Crippen LogP contribution in [0.3, 0.4) is 0 Å². The molecule has 2 rings (SSSR count). The lowest BCUT2D eigenvalue weighted by Crippen LogP contribution is -2.27. The van der Waals surface area contributed by atoms with Gasteiger partial charge in [0.1, 0.15) is 4.47 Å². The highest BCUT2D eigenvalue weighted by molar-refractivity contribution is 9.10. The van der Waals surface area contributed by atoms with Crippen LogP contribution in [0.2, 0.25) is 0 Å². The molecule has 1 aliphatic rings. The van der Waals surface area contributed by atoms with Gasteiger partial charge in [0.05, 0.1) is 25.0 Å². The number of anilines is 1. The predicted octanol–water partition coefficient (Wildman–Crippen LogP) is 1.47. The Morgan fingerprint density at radius 1 is 1.52 bits per heavy atom. The van der Waals surface area contributed by atoms with E-state index in [1.54, 1.807) is 13.3 Å². The molecule has 7 heteroatoms. The Balaban J connectivity index is 2.00. The average Bonchev–Trinajstić information content (AvgIpc) is 2.95. The van der Waals surface area contributed by atoms with Crippen molar-refractivity contribution in [2.45, 2.75) is 25.8 Å². The number of methoxy groups -OCH3 is 1. The van der Waals surface area contributed by atoms with E-state index in [0.29, 0.717) is 35.1 Å². The molecule has 0 aromatic carbocycles. The van der Waals surface area contributed by atoms with Crippen LogP contribution in [0.25, 0.3) is 0 Å². The molecule has 1 aliphatic carbocycles. The van der Waals surface area contributed by atoms with Crippen molar-refractivity contribution >= 4 is 21.6 Å². The summed E-state index contributed by atoms with van der Waals surface area (Å²) >= 11 is 3.34. The van der Waals surface area contributed by atoms with Crippen LogP contribution in [0.15, 0.2) is 15.5 Å². The van der Waals surface area contributed by atoms with Crippen molar-refractivity contribution in [3.8, 4) is 0 Å². The van der Waals surface area contributed by atoms with Gasteiger partial charge < -0.3 is 15.2 Å². The molecule has 2 unspecified atom stereocenters. The lowest BCUT2D eigenvalue weighted by molar-refractivity contribution is 0.181. The first-order valence-corrected chi connectivity index (χ1v) is 8.06. The summed E-state index contributed by atoms with van der Waals surface area (Å²) in [4.78, 5) is 12.1. The second-order valence-electron chi connectivity index (χ2n) is 5.41. The highest BCUT2D eigenvalue weighted by Gasteiger charge is 2.26. The molecule has 0 radical (unpaired) electrons. The SMILES string of the molecule is COCCn1ncc(NCC2CCCC2CO)c(Br)c1=O. The Kier molecular flexibility index (Phi) is 6.20. The van der Waals surface area contributed by atoms with E-state index in [1.165, 1.54) is 4.68 Å². The van der Waals surface area contributed by atoms with Gasteiger partial charge in [-0.2, -0.15) is 5.10 Å². The molecular weight excluding hydrogens is 338 g/mol. The highest BCUT2D eigenvalue weighted by Crippen LogP contribution is 2.31. The zero-order valence-electron chi connectivity index (χ0n) is 12.2. The van der Waals surface area contributed by atoms with Gasteiger partial charge in [-0.15, -0.1) is 0 Å². The van der Waals surface area contributed by atoms with Crippen LogP contribution in [0.1, 0.15) is 19.3 Å². The fourth-order valence-corrected chi connectivity index (χ4v) is 3.24. The molecule has 0 saturated heterocycles. The molecule has 2 atom stereocenters. The van der Waals surface area contributed by atoms with Gasteiger partial charge >= 0.3 is 0 Å². The Morgan fingerprint density at radius 3 is 3.00 bits per heavy atom. The van der Waals surface area contributed by atoms with Crippen molar-refractivity contribution in [2.24, 2.45) is 11.8 Å². The molecule has 1 aromatic rings. The third kappa shape index (κ3) is 4.05. The van der Waals surface area contributed by atoms with E-state index in [-0.39, 0.29) is 12.2 Å². The molecule has 21 heavy (non-hydrogen) atoms. The quantitative estimate of drug-likeness (QED) is 0.770. The average molecular weight is 360 g/mol. The standard InChI is InChI=1S/C14H22BrN3O3/c1-21-6-5-18-14(20)13(15)12(8-17-18)16-7-10-3-2-4-11(10)9-19/h8,10-11,16,19H,2-7,9H2,1H3. The molecule has 6 nitrogen and oxygen atoms in total. The minimum atomic E-state index is -0.165. The first-order valence-electron chi connectivity index (χ1n) is 7.26. The van der Waals surface area contributed by atoms with Crippen molar-refractivity contribution in [1.82, 2.24) is 9.78 Å². The van der Waals surface area contributed by atoms with Crippen molar-refractivity contribution < 1.29 is 9.84 Å². The molecule has 0 aliphatic heterocycles. The molecule has 118 valence electrons. The third-order valence-corrected chi connectivity index (χ3v) is 4.86. The Hall–Kier alpha value is -0.920. The minimum Gasteiger partial charge on any atom is -0.396 e. The molecule has 2 N–H and O–H groups in total. The summed E-state index contributed by atoms with van der Waals surface area (Å²) in [5.74, 6) is 0.823. The first kappa shape index (κ1) is 16.5. The van der Waals surface area contributed by atoms with Crippen molar-refractivity contribution in [3.63, 3.8) is 0 Å². The van der Waals surface area contributed by atoms with Crippen LogP contribution in [0.4, 0.5) is 5.69 Å². The summed E-state index contributed by atoms with van der Waals surface area (Å²) < 4.78 is 6.83. The van der Waals surface area contributed by atoms with Gasteiger partial charge in [0.25, 0.3) is 5.56 Å². The van der Waals surface area contributed by atoms with Gasteiger partial charge in [-0.05, 0) is 40.6 Å². The summed E-state index contributed by atoms with van der Waals surface area (Å²) in [6.45, 7) is 1.88. The topological polar surface area (TPSA) is 76.4 Å². The van der Waals surface area contributed by atoms with Crippen LogP contribution in [-0.2, 0) is 11.3 Å². The molecule has 1 fully saturated rings. The number of aliphatic hydroxyl groups excluding tert-OH is 1. The maximum atomic E-state index is 12.1. The number of ether oxygens (including phenoxy) is 1. The lowest BCUT2D eigenvalue weighted by Gasteiger charge is -2.19. The van der Waals surface area contributed by atoms with Gasteiger partial charge in [-0.3, -0.25) is 4.79 Å². The summed E-state index contributed by atoms with van der Waals surface area (Å²) in [5.41, 5.74) is 0.541. The zero-order valence-corrected chi connectivity index (χ0v) is 13.8. The van der Waals surface area contributed by atoms with Gasteiger partial charge in [-0.1, -0.05) is 6.42 Å². The Bertz CT molecular complexity index is 521. The Morgan fingerprint density at radius 2 is 2.29 bits per heavy atom. The van der Waals surface area contributed by atoms with Crippen LogP contribution in [0, 0.1) is 11.8 Å². The van der Waals surface area contributed by atoms with Gasteiger partial charge in [0.15, 0.2) is 0 Å². The molecular formula is C14H22BrN3O3. The highest BCUT2D eigenvalue weighted by atomic mass is 79.9. The normalized spacial score (nSPS) is 21.7. The first-order chi connectivity index (χ1) is 10.2. The van der Waals surface area contributed by atoms with E-state index in [9.17, 15) is 9.90 Å². The van der Waals surface area contributed by atoms with Gasteiger partial charge in [0.2, 0.25) is 0 Å². The second-order valence-corrected chi connectivity index (χ2v) is 6.20. The van der Waals surface area contributed by atoms with E-state index in [4.69, 9.17) is 4.74 Å². The van der Waals surface area contributed by atoms with Gasteiger partial charge in [0, 0.05) is 20.3 Å². The minimum absolute atomic E-state index is 0.165. The van der Waals surface area contributed by atoms with E-state index < -0.39 is 0 Å². The number of hydrogen-bond donors (Lipinski definition) is 2. The molecule has 1 heterocycles. The van der Waals surface area contributed by atoms with Crippen LogP contribution >= 0.6 is 15.9 Å². The summed E-state index contributed by atoms with van der Waals surface area (Å²) in [5, 5.41) is 16.8. The summed E-state index contributed by atoms with van der Waals surface area (Å²) in [7, 11) is 1.59. The molecule has 0 bridgehead atoms. The molecule has 1 aromatic heterocycles. The van der Waals surface area contributed by atoms with E-state index in [2.05, 4.69) is 26.3 Å². The number of rotatable bonds is 7. The van der Waals surface area contributed by atoms with Gasteiger partial charge in [-0.25, -0.2) is 4.68 Å². The largest absolute Gasteiger partial charge is 0.396 e. The van der Waals surface area contributed by atoms with Crippen molar-refractivity contribution in [1.29, 1.82) is 0 Å². The second kappa shape index (κ2) is 7.91. The monoisotopic (exact) mass is 359 g/mol.